The molecule has 0 spiro atoms. The number of anilines is 1. The van der Waals surface area contributed by atoms with Crippen LogP contribution < -0.4 is 5.32 Å². The SMILES string of the molecule is Clc1ccc(NCc2csc3ccccc23)c(Br)c1. The van der Waals surface area contributed by atoms with E-state index in [1.54, 1.807) is 11.3 Å². The Morgan fingerprint density at radius 3 is 2.84 bits per heavy atom. The zero-order valence-electron chi connectivity index (χ0n) is 9.99. The lowest BCUT2D eigenvalue weighted by Gasteiger charge is -2.08. The van der Waals surface area contributed by atoms with E-state index in [0.717, 1.165) is 21.7 Å². The average Bonchev–Trinajstić information content (AvgIpc) is 2.81. The average molecular weight is 353 g/mol. The van der Waals surface area contributed by atoms with Gasteiger partial charge in [0.2, 0.25) is 0 Å². The summed E-state index contributed by atoms with van der Waals surface area (Å²) in [5.41, 5.74) is 2.38. The number of nitrogens with one attached hydrogen (secondary N) is 1. The fourth-order valence-corrected chi connectivity index (χ4v) is 3.78. The van der Waals surface area contributed by atoms with E-state index in [1.165, 1.54) is 15.6 Å². The molecule has 1 aromatic heterocycles. The van der Waals surface area contributed by atoms with Gasteiger partial charge in [-0.15, -0.1) is 11.3 Å². The van der Waals surface area contributed by atoms with Gasteiger partial charge in [0.25, 0.3) is 0 Å². The Morgan fingerprint density at radius 2 is 2.00 bits per heavy atom. The number of thiophene rings is 1. The molecular formula is C15H11BrClNS. The zero-order valence-corrected chi connectivity index (χ0v) is 13.1. The van der Waals surface area contributed by atoms with Gasteiger partial charge in [0.15, 0.2) is 0 Å². The summed E-state index contributed by atoms with van der Waals surface area (Å²) in [6.07, 6.45) is 0. The quantitative estimate of drug-likeness (QED) is 0.616. The van der Waals surface area contributed by atoms with E-state index in [2.05, 4.69) is 50.9 Å². The van der Waals surface area contributed by atoms with E-state index in [0.29, 0.717) is 0 Å². The number of rotatable bonds is 3. The van der Waals surface area contributed by atoms with Crippen LogP contribution in [0.1, 0.15) is 5.56 Å². The maximum absolute atomic E-state index is 5.94. The second kappa shape index (κ2) is 5.53. The van der Waals surface area contributed by atoms with Gasteiger partial charge in [-0.3, -0.25) is 0 Å². The van der Waals surface area contributed by atoms with Gasteiger partial charge in [-0.1, -0.05) is 29.8 Å². The van der Waals surface area contributed by atoms with Crippen LogP contribution in [0.3, 0.4) is 0 Å². The fourth-order valence-electron chi connectivity index (χ4n) is 1.99. The van der Waals surface area contributed by atoms with Crippen molar-refractivity contribution in [2.75, 3.05) is 5.32 Å². The second-order valence-corrected chi connectivity index (χ2v) is 6.44. The highest BCUT2D eigenvalue weighted by atomic mass is 79.9. The minimum atomic E-state index is 0.735. The van der Waals surface area contributed by atoms with Crippen molar-refractivity contribution in [3.63, 3.8) is 0 Å². The van der Waals surface area contributed by atoms with E-state index < -0.39 is 0 Å². The molecular weight excluding hydrogens is 342 g/mol. The summed E-state index contributed by atoms with van der Waals surface area (Å²) in [5.74, 6) is 0. The molecule has 0 unspecified atom stereocenters. The van der Waals surface area contributed by atoms with Gasteiger partial charge in [-0.25, -0.2) is 0 Å². The minimum absolute atomic E-state index is 0.735. The largest absolute Gasteiger partial charge is 0.380 e. The summed E-state index contributed by atoms with van der Waals surface area (Å²) in [4.78, 5) is 0. The number of hydrogen-bond acceptors (Lipinski definition) is 2. The van der Waals surface area contributed by atoms with Crippen molar-refractivity contribution in [2.24, 2.45) is 0 Å². The second-order valence-electron chi connectivity index (χ2n) is 4.23. The summed E-state index contributed by atoms with van der Waals surface area (Å²) >= 11 is 11.2. The zero-order chi connectivity index (χ0) is 13.2. The van der Waals surface area contributed by atoms with Gasteiger partial charge in [0, 0.05) is 26.4 Å². The number of halogens is 2. The molecule has 0 aliphatic rings. The summed E-state index contributed by atoms with van der Waals surface area (Å²) in [6.45, 7) is 0.810. The Hall–Kier alpha value is -1.03. The maximum Gasteiger partial charge on any atom is 0.0488 e. The number of hydrogen-bond donors (Lipinski definition) is 1. The van der Waals surface area contributed by atoms with E-state index in [9.17, 15) is 0 Å². The van der Waals surface area contributed by atoms with Crippen molar-refractivity contribution in [1.82, 2.24) is 0 Å². The van der Waals surface area contributed by atoms with Gasteiger partial charge < -0.3 is 5.32 Å². The van der Waals surface area contributed by atoms with E-state index >= 15 is 0 Å². The maximum atomic E-state index is 5.94. The smallest absolute Gasteiger partial charge is 0.0488 e. The predicted octanol–water partition coefficient (Wildman–Crippen LogP) is 5.93. The number of benzene rings is 2. The topological polar surface area (TPSA) is 12.0 Å². The summed E-state index contributed by atoms with van der Waals surface area (Å²) in [5, 5.41) is 7.70. The van der Waals surface area contributed by atoms with Crippen LogP contribution >= 0.6 is 38.9 Å². The first-order chi connectivity index (χ1) is 9.24. The van der Waals surface area contributed by atoms with Crippen LogP contribution in [0.2, 0.25) is 5.02 Å². The molecule has 0 saturated carbocycles. The molecule has 2 aromatic carbocycles. The van der Waals surface area contributed by atoms with Crippen molar-refractivity contribution in [3.05, 3.63) is 62.9 Å². The standard InChI is InChI=1S/C15H11BrClNS/c16-13-7-11(17)5-6-14(13)18-8-10-9-19-15-4-2-1-3-12(10)15/h1-7,9,18H,8H2. The highest BCUT2D eigenvalue weighted by molar-refractivity contribution is 9.10. The van der Waals surface area contributed by atoms with Crippen molar-refractivity contribution >= 4 is 54.6 Å². The molecule has 0 atom stereocenters. The first-order valence-corrected chi connectivity index (χ1v) is 7.93. The molecule has 0 aliphatic carbocycles. The molecule has 96 valence electrons. The summed E-state index contributed by atoms with van der Waals surface area (Å²) < 4.78 is 2.31. The molecule has 1 heterocycles. The molecule has 1 nitrogen and oxygen atoms in total. The molecule has 3 aromatic rings. The molecule has 1 N–H and O–H groups in total. The Kier molecular flexibility index (Phi) is 3.78. The van der Waals surface area contributed by atoms with Crippen molar-refractivity contribution in [1.29, 1.82) is 0 Å². The van der Waals surface area contributed by atoms with Crippen LogP contribution in [0.25, 0.3) is 10.1 Å². The lowest BCUT2D eigenvalue weighted by Crippen LogP contribution is -1.99. The molecule has 0 radical (unpaired) electrons. The predicted molar refractivity (Wildman–Crippen MR) is 88.3 cm³/mol. The number of fused-ring (bicyclic) bond motifs is 1. The van der Waals surface area contributed by atoms with Gasteiger partial charge in [-0.05, 0) is 56.5 Å². The third kappa shape index (κ3) is 2.78. The normalized spacial score (nSPS) is 10.8. The summed E-state index contributed by atoms with van der Waals surface area (Å²) in [7, 11) is 0. The van der Waals surface area contributed by atoms with Crippen LogP contribution in [0.5, 0.6) is 0 Å². The molecule has 0 aliphatic heterocycles. The van der Waals surface area contributed by atoms with Crippen LogP contribution in [-0.2, 0) is 6.54 Å². The van der Waals surface area contributed by atoms with Gasteiger partial charge >= 0.3 is 0 Å². The lowest BCUT2D eigenvalue weighted by atomic mass is 10.2. The molecule has 0 saturated heterocycles. The monoisotopic (exact) mass is 351 g/mol. The van der Waals surface area contributed by atoms with Crippen LogP contribution in [0, 0.1) is 0 Å². The first kappa shape index (κ1) is 13.0. The molecule has 3 rings (SSSR count). The van der Waals surface area contributed by atoms with Crippen LogP contribution in [-0.4, -0.2) is 0 Å². The highest BCUT2D eigenvalue weighted by Crippen LogP contribution is 2.29. The van der Waals surface area contributed by atoms with E-state index in [-0.39, 0.29) is 0 Å². The lowest BCUT2D eigenvalue weighted by molar-refractivity contribution is 1.17. The van der Waals surface area contributed by atoms with Crippen LogP contribution in [0.15, 0.2) is 52.3 Å². The molecule has 19 heavy (non-hydrogen) atoms. The van der Waals surface area contributed by atoms with Gasteiger partial charge in [-0.2, -0.15) is 0 Å². The van der Waals surface area contributed by atoms with Crippen molar-refractivity contribution in [2.45, 2.75) is 6.54 Å². The third-order valence-electron chi connectivity index (χ3n) is 2.96. The third-order valence-corrected chi connectivity index (χ3v) is 4.87. The first-order valence-electron chi connectivity index (χ1n) is 5.88. The van der Waals surface area contributed by atoms with E-state index in [4.69, 9.17) is 11.6 Å². The Labute approximate surface area is 129 Å². The minimum Gasteiger partial charge on any atom is -0.380 e. The fraction of sp³-hybridized carbons (Fsp3) is 0.0667. The van der Waals surface area contributed by atoms with Gasteiger partial charge in [0.1, 0.15) is 0 Å². The van der Waals surface area contributed by atoms with Gasteiger partial charge in [0.05, 0.1) is 0 Å². The Balaban J connectivity index is 1.82. The molecule has 0 amide bonds. The van der Waals surface area contributed by atoms with Crippen molar-refractivity contribution < 1.29 is 0 Å². The molecule has 4 heteroatoms. The molecule has 0 bridgehead atoms. The molecule has 0 fully saturated rings. The van der Waals surface area contributed by atoms with Crippen molar-refractivity contribution in [3.8, 4) is 0 Å². The summed E-state index contributed by atoms with van der Waals surface area (Å²) in [6, 6.07) is 14.3. The van der Waals surface area contributed by atoms with E-state index in [1.807, 2.05) is 18.2 Å². The van der Waals surface area contributed by atoms with Crippen LogP contribution in [0.4, 0.5) is 5.69 Å². The Morgan fingerprint density at radius 1 is 1.16 bits per heavy atom. The highest BCUT2D eigenvalue weighted by Gasteiger charge is 2.04. The Bertz CT molecular complexity index is 723.